The van der Waals surface area contributed by atoms with E-state index in [9.17, 15) is 14.4 Å². The van der Waals surface area contributed by atoms with Gasteiger partial charge in [0.25, 0.3) is 0 Å². The molecule has 0 heterocycles. The molecular weight excluding hydrogens is 238 g/mol. The molecule has 3 amide bonds. The standard InChI is InChI=1S/C11H21N3O4/c1-4-14(3)9(15)7-13-11(18)12-6-8(2)5-10(16)17/h8H,4-7H2,1-3H3,(H,16,17)(H2,12,13,18). The first-order chi connectivity index (χ1) is 8.36. The molecule has 0 aromatic rings. The predicted molar refractivity (Wildman–Crippen MR) is 66.1 cm³/mol. The number of carbonyl (C=O) groups is 3. The third kappa shape index (κ3) is 7.48. The minimum atomic E-state index is -0.899. The average molecular weight is 259 g/mol. The average Bonchev–Trinajstić information content (AvgIpc) is 2.31. The molecule has 0 aliphatic heterocycles. The van der Waals surface area contributed by atoms with Crippen LogP contribution < -0.4 is 10.6 Å². The van der Waals surface area contributed by atoms with Gasteiger partial charge >= 0.3 is 12.0 Å². The largest absolute Gasteiger partial charge is 0.481 e. The lowest BCUT2D eigenvalue weighted by Crippen LogP contribution is -2.43. The van der Waals surface area contributed by atoms with Gasteiger partial charge in [-0.05, 0) is 12.8 Å². The fraction of sp³-hybridized carbons (Fsp3) is 0.727. The summed E-state index contributed by atoms with van der Waals surface area (Å²) in [4.78, 5) is 34.6. The molecule has 0 bridgehead atoms. The topological polar surface area (TPSA) is 98.7 Å². The zero-order valence-electron chi connectivity index (χ0n) is 11.0. The molecule has 1 atom stereocenters. The Hall–Kier alpha value is -1.79. The molecule has 0 rings (SSSR count). The van der Waals surface area contributed by atoms with Crippen LogP contribution in [0.2, 0.25) is 0 Å². The van der Waals surface area contributed by atoms with E-state index in [1.165, 1.54) is 4.90 Å². The van der Waals surface area contributed by atoms with Gasteiger partial charge in [0.15, 0.2) is 0 Å². The number of amides is 3. The first-order valence-corrected chi connectivity index (χ1v) is 5.84. The summed E-state index contributed by atoms with van der Waals surface area (Å²) >= 11 is 0. The number of likely N-dealkylation sites (N-methyl/N-ethyl adjacent to an activating group) is 1. The summed E-state index contributed by atoms with van der Waals surface area (Å²) in [5, 5.41) is 13.5. The maximum Gasteiger partial charge on any atom is 0.315 e. The highest BCUT2D eigenvalue weighted by molar-refractivity contribution is 5.83. The maximum absolute atomic E-state index is 11.4. The van der Waals surface area contributed by atoms with Crippen molar-refractivity contribution in [2.24, 2.45) is 5.92 Å². The molecule has 0 fully saturated rings. The lowest BCUT2D eigenvalue weighted by atomic mass is 10.1. The third-order valence-corrected chi connectivity index (χ3v) is 2.43. The molecule has 0 aromatic heterocycles. The second kappa shape index (κ2) is 8.32. The fourth-order valence-corrected chi connectivity index (χ4v) is 1.17. The highest BCUT2D eigenvalue weighted by Crippen LogP contribution is 1.98. The van der Waals surface area contributed by atoms with Gasteiger partial charge in [-0.25, -0.2) is 4.79 Å². The lowest BCUT2D eigenvalue weighted by Gasteiger charge is -2.15. The van der Waals surface area contributed by atoms with Gasteiger partial charge in [0.1, 0.15) is 0 Å². The maximum atomic E-state index is 11.4. The van der Waals surface area contributed by atoms with Gasteiger partial charge in [-0.1, -0.05) is 6.92 Å². The van der Waals surface area contributed by atoms with Crippen LogP contribution in [0, 0.1) is 5.92 Å². The third-order valence-electron chi connectivity index (χ3n) is 2.43. The number of rotatable bonds is 7. The fourth-order valence-electron chi connectivity index (χ4n) is 1.17. The molecule has 0 saturated heterocycles. The number of hydrogen-bond acceptors (Lipinski definition) is 3. The summed E-state index contributed by atoms with van der Waals surface area (Å²) in [6, 6.07) is -0.468. The number of carboxylic acid groups (broad SMARTS) is 1. The Morgan fingerprint density at radius 3 is 2.39 bits per heavy atom. The van der Waals surface area contributed by atoms with Crippen LogP contribution in [0.25, 0.3) is 0 Å². The van der Waals surface area contributed by atoms with E-state index >= 15 is 0 Å². The Balaban J connectivity index is 3.78. The first-order valence-electron chi connectivity index (χ1n) is 5.84. The van der Waals surface area contributed by atoms with Crippen molar-refractivity contribution in [2.45, 2.75) is 20.3 Å². The number of aliphatic carboxylic acids is 1. The van der Waals surface area contributed by atoms with Gasteiger partial charge in [-0.15, -0.1) is 0 Å². The van der Waals surface area contributed by atoms with Crippen molar-refractivity contribution in [3.05, 3.63) is 0 Å². The molecular formula is C11H21N3O4. The van der Waals surface area contributed by atoms with Crippen LogP contribution >= 0.6 is 0 Å². The van der Waals surface area contributed by atoms with Gasteiger partial charge < -0.3 is 20.6 Å². The Kier molecular flexibility index (Phi) is 7.50. The molecule has 18 heavy (non-hydrogen) atoms. The van der Waals surface area contributed by atoms with Crippen molar-refractivity contribution in [3.63, 3.8) is 0 Å². The smallest absolute Gasteiger partial charge is 0.315 e. The molecule has 104 valence electrons. The van der Waals surface area contributed by atoms with Crippen molar-refractivity contribution < 1.29 is 19.5 Å². The Bertz CT molecular complexity index is 307. The first kappa shape index (κ1) is 16.2. The van der Waals surface area contributed by atoms with E-state index in [1.54, 1.807) is 14.0 Å². The van der Waals surface area contributed by atoms with Crippen LogP contribution in [0.5, 0.6) is 0 Å². The molecule has 7 nitrogen and oxygen atoms in total. The van der Waals surface area contributed by atoms with Crippen LogP contribution in [-0.4, -0.2) is 54.6 Å². The number of carbonyl (C=O) groups excluding carboxylic acids is 2. The second-order valence-corrected chi connectivity index (χ2v) is 4.17. The molecule has 0 spiro atoms. The van der Waals surface area contributed by atoms with E-state index < -0.39 is 12.0 Å². The Morgan fingerprint density at radius 1 is 1.28 bits per heavy atom. The SMILES string of the molecule is CCN(C)C(=O)CNC(=O)NCC(C)CC(=O)O. The van der Waals surface area contributed by atoms with Crippen LogP contribution in [0.15, 0.2) is 0 Å². The van der Waals surface area contributed by atoms with E-state index in [0.717, 1.165) is 0 Å². The monoisotopic (exact) mass is 259 g/mol. The van der Waals surface area contributed by atoms with Crippen LogP contribution in [0.4, 0.5) is 4.79 Å². The number of nitrogens with one attached hydrogen (secondary N) is 2. The van der Waals surface area contributed by atoms with Gasteiger partial charge in [0.2, 0.25) is 5.91 Å². The zero-order valence-corrected chi connectivity index (χ0v) is 11.0. The molecule has 0 aliphatic carbocycles. The summed E-state index contributed by atoms with van der Waals surface area (Å²) in [5.41, 5.74) is 0. The molecule has 0 aliphatic rings. The number of nitrogens with zero attached hydrogens (tertiary/aromatic N) is 1. The van der Waals surface area contributed by atoms with Gasteiger partial charge in [-0.3, -0.25) is 9.59 Å². The highest BCUT2D eigenvalue weighted by Gasteiger charge is 2.11. The van der Waals surface area contributed by atoms with E-state index in [-0.39, 0.29) is 31.3 Å². The number of hydrogen-bond donors (Lipinski definition) is 3. The molecule has 1 unspecified atom stereocenters. The van der Waals surface area contributed by atoms with Crippen LogP contribution in [0.3, 0.4) is 0 Å². The Labute approximate surface area is 107 Å². The zero-order chi connectivity index (χ0) is 14.1. The summed E-state index contributed by atoms with van der Waals surface area (Å²) in [7, 11) is 1.65. The summed E-state index contributed by atoms with van der Waals surface area (Å²) < 4.78 is 0. The van der Waals surface area contributed by atoms with Crippen LogP contribution in [0.1, 0.15) is 20.3 Å². The van der Waals surface area contributed by atoms with Crippen molar-refractivity contribution >= 4 is 17.9 Å². The lowest BCUT2D eigenvalue weighted by molar-refractivity contribution is -0.138. The molecule has 3 N–H and O–H groups in total. The van der Waals surface area contributed by atoms with E-state index in [2.05, 4.69) is 10.6 Å². The van der Waals surface area contributed by atoms with Gasteiger partial charge in [0, 0.05) is 26.6 Å². The predicted octanol–water partition coefficient (Wildman–Crippen LogP) is -0.125. The van der Waals surface area contributed by atoms with Gasteiger partial charge in [0.05, 0.1) is 6.54 Å². The van der Waals surface area contributed by atoms with Crippen molar-refractivity contribution in [1.29, 1.82) is 0 Å². The second-order valence-electron chi connectivity index (χ2n) is 4.17. The van der Waals surface area contributed by atoms with E-state index in [4.69, 9.17) is 5.11 Å². The summed E-state index contributed by atoms with van der Waals surface area (Å²) in [5.74, 6) is -1.22. The highest BCUT2D eigenvalue weighted by atomic mass is 16.4. The van der Waals surface area contributed by atoms with Crippen LogP contribution in [-0.2, 0) is 9.59 Å². The molecule has 0 radical (unpaired) electrons. The number of urea groups is 1. The number of carboxylic acids is 1. The van der Waals surface area contributed by atoms with Crippen molar-refractivity contribution in [3.8, 4) is 0 Å². The van der Waals surface area contributed by atoms with E-state index in [1.807, 2.05) is 6.92 Å². The quantitative estimate of drug-likeness (QED) is 0.593. The summed E-state index contributed by atoms with van der Waals surface area (Å²) in [6.45, 7) is 4.34. The minimum absolute atomic E-state index is 0.00220. The normalized spacial score (nSPS) is 11.5. The van der Waals surface area contributed by atoms with Crippen molar-refractivity contribution in [2.75, 3.05) is 26.7 Å². The Morgan fingerprint density at radius 2 is 1.89 bits per heavy atom. The summed E-state index contributed by atoms with van der Waals surface area (Å²) in [6.07, 6.45) is -0.00220. The van der Waals surface area contributed by atoms with Crippen molar-refractivity contribution in [1.82, 2.24) is 15.5 Å². The molecule has 7 heteroatoms. The van der Waals surface area contributed by atoms with E-state index in [0.29, 0.717) is 6.54 Å². The minimum Gasteiger partial charge on any atom is -0.481 e. The molecule has 0 saturated carbocycles. The molecule has 0 aromatic carbocycles. The van der Waals surface area contributed by atoms with Gasteiger partial charge in [-0.2, -0.15) is 0 Å².